The van der Waals surface area contributed by atoms with Gasteiger partial charge < -0.3 is 4.90 Å². The predicted octanol–water partition coefficient (Wildman–Crippen LogP) is 4.14. The fourth-order valence-corrected chi connectivity index (χ4v) is 3.33. The topological polar surface area (TPSA) is 6.48 Å². The van der Waals surface area contributed by atoms with Gasteiger partial charge in [0.15, 0.2) is 0 Å². The molecule has 0 atom stereocenters. The molecule has 114 valence electrons. The summed E-state index contributed by atoms with van der Waals surface area (Å²) in [5, 5.41) is 1.12. The minimum atomic E-state index is 1.12. The van der Waals surface area contributed by atoms with E-state index in [-0.39, 0.29) is 0 Å². The molecule has 0 amide bonds. The van der Waals surface area contributed by atoms with Crippen LogP contribution in [0.4, 0.5) is 0 Å². The zero-order valence-electron chi connectivity index (χ0n) is 12.9. The number of rotatable bonds is 11. The molecule has 0 spiro atoms. The Morgan fingerprint density at radius 2 is 1.16 bits per heavy atom. The van der Waals surface area contributed by atoms with Gasteiger partial charge in [0.1, 0.15) is 0 Å². The average Bonchev–Trinajstić information content (AvgIpc) is 2.44. The Morgan fingerprint density at radius 1 is 0.684 bits per heavy atom. The number of hydrogen-bond acceptors (Lipinski definition) is 2. The molecule has 0 aromatic rings. The second-order valence-electron chi connectivity index (χ2n) is 5.85. The van der Waals surface area contributed by atoms with Crippen LogP contribution in [-0.4, -0.2) is 54.4 Å². The summed E-state index contributed by atoms with van der Waals surface area (Å²) in [5.41, 5.74) is 0. The van der Waals surface area contributed by atoms with Gasteiger partial charge in [0.25, 0.3) is 0 Å². The lowest BCUT2D eigenvalue weighted by Gasteiger charge is -2.34. The van der Waals surface area contributed by atoms with E-state index in [4.69, 9.17) is 0 Å². The molecule has 1 fully saturated rings. The van der Waals surface area contributed by atoms with Gasteiger partial charge in [0.2, 0.25) is 0 Å². The molecule has 0 bridgehead atoms. The largest absolute Gasteiger partial charge is 0.301 e. The molecular formula is C16H33BrN2. The summed E-state index contributed by atoms with van der Waals surface area (Å²) >= 11 is 3.53. The van der Waals surface area contributed by atoms with Crippen molar-refractivity contribution in [1.82, 2.24) is 9.80 Å². The van der Waals surface area contributed by atoms with Crippen molar-refractivity contribution in [3.8, 4) is 0 Å². The van der Waals surface area contributed by atoms with Crippen LogP contribution in [0.5, 0.6) is 0 Å². The first-order valence-electron chi connectivity index (χ1n) is 8.37. The summed E-state index contributed by atoms with van der Waals surface area (Å²) in [4.78, 5) is 5.22. The SMILES string of the molecule is CCCCCCCCCCN1CCN(CCBr)CC1. The van der Waals surface area contributed by atoms with E-state index in [1.54, 1.807) is 0 Å². The minimum Gasteiger partial charge on any atom is -0.301 e. The summed E-state index contributed by atoms with van der Waals surface area (Å²) in [7, 11) is 0. The van der Waals surface area contributed by atoms with Crippen molar-refractivity contribution in [1.29, 1.82) is 0 Å². The third-order valence-electron chi connectivity index (χ3n) is 4.19. The maximum atomic E-state index is 3.53. The molecule has 1 heterocycles. The van der Waals surface area contributed by atoms with Crippen molar-refractivity contribution >= 4 is 15.9 Å². The number of alkyl halides is 1. The van der Waals surface area contributed by atoms with Crippen LogP contribution in [0.3, 0.4) is 0 Å². The Balaban J connectivity index is 1.85. The normalized spacial score (nSPS) is 18.0. The van der Waals surface area contributed by atoms with Gasteiger partial charge >= 0.3 is 0 Å². The molecule has 1 rings (SSSR count). The molecule has 19 heavy (non-hydrogen) atoms. The molecule has 0 aromatic carbocycles. The highest BCUT2D eigenvalue weighted by atomic mass is 79.9. The molecule has 1 aliphatic heterocycles. The third kappa shape index (κ3) is 9.04. The van der Waals surface area contributed by atoms with Crippen molar-refractivity contribution in [3.63, 3.8) is 0 Å². The van der Waals surface area contributed by atoms with Crippen molar-refractivity contribution in [2.45, 2.75) is 58.3 Å². The first kappa shape index (κ1) is 17.5. The number of piperazine rings is 1. The van der Waals surface area contributed by atoms with E-state index in [1.165, 1.54) is 90.6 Å². The highest BCUT2D eigenvalue weighted by Crippen LogP contribution is 2.10. The van der Waals surface area contributed by atoms with Crippen LogP contribution in [-0.2, 0) is 0 Å². The number of nitrogens with zero attached hydrogens (tertiary/aromatic N) is 2. The van der Waals surface area contributed by atoms with E-state index in [0.717, 1.165) is 5.33 Å². The van der Waals surface area contributed by atoms with Crippen LogP contribution in [0.2, 0.25) is 0 Å². The predicted molar refractivity (Wildman–Crippen MR) is 89.3 cm³/mol. The Hall–Kier alpha value is 0.400. The van der Waals surface area contributed by atoms with Crippen molar-refractivity contribution in [2.24, 2.45) is 0 Å². The van der Waals surface area contributed by atoms with Gasteiger partial charge in [-0.05, 0) is 13.0 Å². The Labute approximate surface area is 129 Å². The van der Waals surface area contributed by atoms with Gasteiger partial charge in [-0.2, -0.15) is 0 Å². The van der Waals surface area contributed by atoms with Crippen LogP contribution >= 0.6 is 15.9 Å². The van der Waals surface area contributed by atoms with Crippen LogP contribution < -0.4 is 0 Å². The second kappa shape index (κ2) is 12.2. The summed E-state index contributed by atoms with van der Waals surface area (Å²) in [6.45, 7) is 9.93. The second-order valence-corrected chi connectivity index (χ2v) is 6.64. The monoisotopic (exact) mass is 332 g/mol. The minimum absolute atomic E-state index is 1.12. The van der Waals surface area contributed by atoms with Crippen LogP contribution in [0.15, 0.2) is 0 Å². The van der Waals surface area contributed by atoms with E-state index in [1.807, 2.05) is 0 Å². The van der Waals surface area contributed by atoms with Gasteiger partial charge in [-0.25, -0.2) is 0 Å². The molecule has 2 nitrogen and oxygen atoms in total. The lowest BCUT2D eigenvalue weighted by molar-refractivity contribution is 0.136. The number of hydrogen-bond donors (Lipinski definition) is 0. The van der Waals surface area contributed by atoms with E-state index < -0.39 is 0 Å². The van der Waals surface area contributed by atoms with Crippen LogP contribution in [0.1, 0.15) is 58.3 Å². The lowest BCUT2D eigenvalue weighted by Crippen LogP contribution is -2.47. The molecular weight excluding hydrogens is 300 g/mol. The van der Waals surface area contributed by atoms with Crippen molar-refractivity contribution in [2.75, 3.05) is 44.6 Å². The zero-order valence-corrected chi connectivity index (χ0v) is 14.5. The van der Waals surface area contributed by atoms with Crippen molar-refractivity contribution < 1.29 is 0 Å². The molecule has 1 aliphatic rings. The van der Waals surface area contributed by atoms with E-state index in [9.17, 15) is 0 Å². The highest BCUT2D eigenvalue weighted by molar-refractivity contribution is 9.09. The van der Waals surface area contributed by atoms with Crippen molar-refractivity contribution in [3.05, 3.63) is 0 Å². The van der Waals surface area contributed by atoms with Gasteiger partial charge in [-0.1, -0.05) is 67.8 Å². The quantitative estimate of drug-likeness (QED) is 0.414. The first-order chi connectivity index (χ1) is 9.36. The molecule has 0 unspecified atom stereocenters. The third-order valence-corrected chi connectivity index (χ3v) is 4.55. The van der Waals surface area contributed by atoms with Gasteiger partial charge in [-0.15, -0.1) is 0 Å². The molecule has 0 aliphatic carbocycles. The van der Waals surface area contributed by atoms with E-state index >= 15 is 0 Å². The standard InChI is InChI=1S/C16H33BrN2/c1-2-3-4-5-6-7-8-9-11-18-13-15-19(12-10-17)16-14-18/h2-16H2,1H3. The smallest absolute Gasteiger partial charge is 0.0159 e. The molecule has 0 aromatic heterocycles. The Kier molecular flexibility index (Phi) is 11.2. The summed E-state index contributed by atoms with van der Waals surface area (Å²) in [6.07, 6.45) is 11.5. The van der Waals surface area contributed by atoms with Crippen LogP contribution in [0.25, 0.3) is 0 Å². The zero-order chi connectivity index (χ0) is 13.8. The maximum absolute atomic E-state index is 3.53. The Morgan fingerprint density at radius 3 is 1.68 bits per heavy atom. The van der Waals surface area contributed by atoms with E-state index in [2.05, 4.69) is 32.7 Å². The van der Waals surface area contributed by atoms with E-state index in [0.29, 0.717) is 0 Å². The highest BCUT2D eigenvalue weighted by Gasteiger charge is 2.15. The summed E-state index contributed by atoms with van der Waals surface area (Å²) in [5.74, 6) is 0. The molecule has 0 N–H and O–H groups in total. The average molecular weight is 333 g/mol. The first-order valence-corrected chi connectivity index (χ1v) is 9.49. The van der Waals surface area contributed by atoms with Crippen LogP contribution in [0, 0.1) is 0 Å². The summed E-state index contributed by atoms with van der Waals surface area (Å²) in [6, 6.07) is 0. The maximum Gasteiger partial charge on any atom is 0.0159 e. The molecule has 0 radical (unpaired) electrons. The fourth-order valence-electron chi connectivity index (χ4n) is 2.83. The molecule has 1 saturated heterocycles. The fraction of sp³-hybridized carbons (Fsp3) is 1.00. The number of unbranched alkanes of at least 4 members (excludes halogenated alkanes) is 7. The number of halogens is 1. The lowest BCUT2D eigenvalue weighted by atomic mass is 10.1. The van der Waals surface area contributed by atoms with Gasteiger partial charge in [0, 0.05) is 38.1 Å². The summed E-state index contributed by atoms with van der Waals surface area (Å²) < 4.78 is 0. The molecule has 3 heteroatoms. The molecule has 0 saturated carbocycles. The van der Waals surface area contributed by atoms with Gasteiger partial charge in [0.05, 0.1) is 0 Å². The van der Waals surface area contributed by atoms with Gasteiger partial charge in [-0.3, -0.25) is 4.90 Å². The Bertz CT molecular complexity index is 191.